The van der Waals surface area contributed by atoms with Crippen molar-refractivity contribution in [3.8, 4) is 0 Å². The van der Waals surface area contributed by atoms with Gasteiger partial charge in [0.25, 0.3) is 5.91 Å². The number of hydrogen-bond acceptors (Lipinski definition) is 2. The van der Waals surface area contributed by atoms with Gasteiger partial charge < -0.3 is 5.32 Å². The molecule has 0 radical (unpaired) electrons. The second-order valence-corrected chi connectivity index (χ2v) is 8.51. The highest BCUT2D eigenvalue weighted by Crippen LogP contribution is 2.33. The van der Waals surface area contributed by atoms with Crippen LogP contribution in [0.4, 0.5) is 10.5 Å². The van der Waals surface area contributed by atoms with Gasteiger partial charge in [-0.3, -0.25) is 4.79 Å². The summed E-state index contributed by atoms with van der Waals surface area (Å²) in [6, 6.07) is 8.17. The van der Waals surface area contributed by atoms with E-state index in [1.54, 1.807) is 25.1 Å². The Hall–Kier alpha value is -1.56. The average Bonchev–Trinajstić information content (AvgIpc) is 2.72. The quantitative estimate of drug-likeness (QED) is 0.627. The first-order valence-corrected chi connectivity index (χ1v) is 9.54. The molecule has 1 fully saturated rings. The molecule has 0 bridgehead atoms. The van der Waals surface area contributed by atoms with Crippen LogP contribution < -0.4 is 10.2 Å². The molecular weight excluding hydrogens is 439 g/mol. The third kappa shape index (κ3) is 3.48. The molecule has 0 aromatic heterocycles. The largest absolute Gasteiger partial charge is 0.329 e. The Kier molecular flexibility index (Phi) is 5.08. The summed E-state index contributed by atoms with van der Waals surface area (Å²) in [5, 5.41) is 3.55. The number of urea groups is 1. The summed E-state index contributed by atoms with van der Waals surface area (Å²) >= 11 is 15.5. The first-order valence-electron chi connectivity index (χ1n) is 7.99. The van der Waals surface area contributed by atoms with Crippen LogP contribution in [-0.4, -0.2) is 17.5 Å². The Morgan fingerprint density at radius 2 is 1.58 bits per heavy atom. The molecule has 1 aliphatic heterocycles. The zero-order valence-corrected chi connectivity index (χ0v) is 17.6. The van der Waals surface area contributed by atoms with Crippen LogP contribution in [0.1, 0.15) is 23.6 Å². The maximum absolute atomic E-state index is 13.1. The molecule has 3 rings (SSSR count). The lowest BCUT2D eigenvalue weighted by Gasteiger charge is -2.24. The molecule has 4 nitrogen and oxygen atoms in total. The fraction of sp³-hybridized carbons (Fsp3) is 0.263. The molecule has 2 aromatic carbocycles. The summed E-state index contributed by atoms with van der Waals surface area (Å²) in [4.78, 5) is 26.7. The summed E-state index contributed by atoms with van der Waals surface area (Å²) in [7, 11) is 0. The zero-order chi connectivity index (χ0) is 19.2. The van der Waals surface area contributed by atoms with Gasteiger partial charge in [0.05, 0.1) is 5.69 Å². The van der Waals surface area contributed by atoms with E-state index < -0.39 is 11.6 Å². The molecule has 136 valence electrons. The molecule has 0 aliphatic carbocycles. The highest BCUT2D eigenvalue weighted by molar-refractivity contribution is 9.10. The van der Waals surface area contributed by atoms with Crippen LogP contribution >= 0.6 is 39.1 Å². The molecule has 0 saturated carbocycles. The van der Waals surface area contributed by atoms with Crippen LogP contribution in [0.2, 0.25) is 10.0 Å². The van der Waals surface area contributed by atoms with Crippen LogP contribution in [-0.2, 0) is 11.2 Å². The Balaban J connectivity index is 1.97. The lowest BCUT2D eigenvalue weighted by atomic mass is 9.88. The van der Waals surface area contributed by atoms with E-state index in [1.807, 2.05) is 26.0 Å². The number of imide groups is 1. The normalized spacial score (nSPS) is 19.8. The van der Waals surface area contributed by atoms with Gasteiger partial charge in [0.15, 0.2) is 0 Å². The lowest BCUT2D eigenvalue weighted by molar-refractivity contribution is -0.121. The minimum absolute atomic E-state index is 0.331. The van der Waals surface area contributed by atoms with Crippen molar-refractivity contribution in [2.24, 2.45) is 0 Å². The molecule has 1 saturated heterocycles. The van der Waals surface area contributed by atoms with Gasteiger partial charge in [0.2, 0.25) is 0 Å². The molecule has 0 spiro atoms. The fourth-order valence-corrected chi connectivity index (χ4v) is 4.48. The van der Waals surface area contributed by atoms with E-state index in [9.17, 15) is 9.59 Å². The number of amides is 3. The number of carbonyl (C=O) groups excluding carboxylic acids is 2. The number of nitrogens with zero attached hydrogens (tertiary/aromatic N) is 1. The van der Waals surface area contributed by atoms with Gasteiger partial charge in [-0.25, -0.2) is 9.69 Å². The van der Waals surface area contributed by atoms with Crippen molar-refractivity contribution in [3.63, 3.8) is 0 Å². The Labute approximate surface area is 170 Å². The number of carbonyl (C=O) groups is 2. The van der Waals surface area contributed by atoms with Crippen molar-refractivity contribution in [1.29, 1.82) is 0 Å². The molecule has 2 aromatic rings. The van der Waals surface area contributed by atoms with Crippen LogP contribution in [0.3, 0.4) is 0 Å². The van der Waals surface area contributed by atoms with Crippen LogP contribution in [0.5, 0.6) is 0 Å². The van der Waals surface area contributed by atoms with Gasteiger partial charge in [-0.05, 0) is 67.8 Å². The van der Waals surface area contributed by atoms with Crippen LogP contribution in [0.15, 0.2) is 34.8 Å². The predicted octanol–water partition coefficient (Wildman–Crippen LogP) is 5.43. The Morgan fingerprint density at radius 3 is 2.12 bits per heavy atom. The molecule has 26 heavy (non-hydrogen) atoms. The SMILES string of the molecule is Cc1cc(Br)cc(C)c1CC1(C)NC(=O)N(c2cc(Cl)cc(Cl)c2)C1=O. The third-order valence-electron chi connectivity index (χ3n) is 4.56. The number of nitrogens with one attached hydrogen (secondary N) is 1. The highest BCUT2D eigenvalue weighted by atomic mass is 79.9. The average molecular weight is 456 g/mol. The molecule has 3 amide bonds. The van der Waals surface area contributed by atoms with Gasteiger partial charge in [-0.2, -0.15) is 0 Å². The predicted molar refractivity (Wildman–Crippen MR) is 108 cm³/mol. The molecule has 1 unspecified atom stereocenters. The second-order valence-electron chi connectivity index (χ2n) is 6.73. The summed E-state index contributed by atoms with van der Waals surface area (Å²) < 4.78 is 0.985. The number of halogens is 3. The van der Waals surface area contributed by atoms with E-state index in [4.69, 9.17) is 23.2 Å². The summed E-state index contributed by atoms with van der Waals surface area (Å²) in [6.07, 6.45) is 0.396. The van der Waals surface area contributed by atoms with Gasteiger partial charge in [0.1, 0.15) is 5.54 Å². The van der Waals surface area contributed by atoms with Crippen molar-refractivity contribution < 1.29 is 9.59 Å². The standard InChI is InChI=1S/C19H17BrCl2N2O2/c1-10-4-12(20)5-11(2)16(10)9-19(3)17(25)24(18(26)23-19)15-7-13(21)6-14(22)8-15/h4-8H,9H2,1-3H3,(H,23,26). The van der Waals surface area contributed by atoms with Crippen molar-refractivity contribution in [2.75, 3.05) is 4.90 Å². The number of anilines is 1. The minimum atomic E-state index is -1.05. The Morgan fingerprint density at radius 1 is 1.04 bits per heavy atom. The van der Waals surface area contributed by atoms with Gasteiger partial charge in [-0.15, -0.1) is 0 Å². The summed E-state index contributed by atoms with van der Waals surface area (Å²) in [5.41, 5.74) is 2.47. The fourth-order valence-electron chi connectivity index (χ4n) is 3.28. The van der Waals surface area contributed by atoms with Gasteiger partial charge in [-0.1, -0.05) is 39.1 Å². The first-order chi connectivity index (χ1) is 12.1. The Bertz CT molecular complexity index is 888. The van der Waals surface area contributed by atoms with E-state index in [-0.39, 0.29) is 5.91 Å². The smallest absolute Gasteiger partial charge is 0.323 e. The van der Waals surface area contributed by atoms with Crippen molar-refractivity contribution in [3.05, 3.63) is 61.5 Å². The number of hydrogen-bond donors (Lipinski definition) is 1. The first kappa shape index (κ1) is 19.2. The van der Waals surface area contributed by atoms with Crippen LogP contribution in [0.25, 0.3) is 0 Å². The molecule has 7 heteroatoms. The number of benzene rings is 2. The molecule has 1 heterocycles. The van der Waals surface area contributed by atoms with Crippen molar-refractivity contribution >= 4 is 56.8 Å². The van der Waals surface area contributed by atoms with E-state index in [0.29, 0.717) is 22.2 Å². The minimum Gasteiger partial charge on any atom is -0.323 e. The topological polar surface area (TPSA) is 49.4 Å². The maximum atomic E-state index is 13.1. The van der Waals surface area contributed by atoms with E-state index in [1.165, 1.54) is 0 Å². The summed E-state index contributed by atoms with van der Waals surface area (Å²) in [6.45, 7) is 5.72. The number of rotatable bonds is 3. The van der Waals surface area contributed by atoms with E-state index >= 15 is 0 Å². The number of aryl methyl sites for hydroxylation is 2. The highest BCUT2D eigenvalue weighted by Gasteiger charge is 2.48. The molecule has 1 N–H and O–H groups in total. The molecular formula is C19H17BrCl2N2O2. The van der Waals surface area contributed by atoms with Gasteiger partial charge >= 0.3 is 6.03 Å². The van der Waals surface area contributed by atoms with Crippen LogP contribution in [0, 0.1) is 13.8 Å². The monoisotopic (exact) mass is 454 g/mol. The third-order valence-corrected chi connectivity index (χ3v) is 5.45. The lowest BCUT2D eigenvalue weighted by Crippen LogP contribution is -2.46. The molecule has 1 atom stereocenters. The second kappa shape index (κ2) is 6.87. The summed E-state index contributed by atoms with van der Waals surface area (Å²) in [5.74, 6) is -0.331. The van der Waals surface area contributed by atoms with Gasteiger partial charge in [0, 0.05) is 20.9 Å². The van der Waals surface area contributed by atoms with E-state index in [0.717, 1.165) is 26.1 Å². The molecule has 1 aliphatic rings. The maximum Gasteiger partial charge on any atom is 0.329 e. The van der Waals surface area contributed by atoms with Crippen molar-refractivity contribution in [1.82, 2.24) is 5.32 Å². The van der Waals surface area contributed by atoms with E-state index in [2.05, 4.69) is 21.2 Å². The van der Waals surface area contributed by atoms with Crippen molar-refractivity contribution in [2.45, 2.75) is 32.7 Å². The zero-order valence-electron chi connectivity index (χ0n) is 14.5.